The molecule has 1 aromatic rings. The molecule has 6 heteroatoms. The van der Waals surface area contributed by atoms with E-state index in [0.717, 1.165) is 24.6 Å². The monoisotopic (exact) mass is 404 g/mol. The number of hydrogen-bond acceptors (Lipinski definition) is 2. The average molecular weight is 404 g/mol. The molecule has 0 spiro atoms. The first kappa shape index (κ1) is 19.7. The van der Waals surface area contributed by atoms with E-state index in [9.17, 15) is 4.79 Å². The number of aliphatic imine (C=N–C) groups is 1. The lowest BCUT2D eigenvalue weighted by Gasteiger charge is -2.09. The first-order valence-corrected chi connectivity index (χ1v) is 7.10. The standard InChI is InChI=1S/C15H24N4O.HI/c1-4-16-14(20)13-9-7-12(8-10-13)11-19-15(17-5-2)18-6-3;/h7-10H,4-6,11H2,1-3H3,(H,16,20)(H2,17,18,19);1H. The van der Waals surface area contributed by atoms with E-state index in [1.807, 2.05) is 45.0 Å². The Morgan fingerprint density at radius 1 is 0.952 bits per heavy atom. The Hall–Kier alpha value is -1.31. The first-order valence-electron chi connectivity index (χ1n) is 7.10. The fourth-order valence-corrected chi connectivity index (χ4v) is 1.70. The molecule has 118 valence electrons. The number of guanidine groups is 1. The summed E-state index contributed by atoms with van der Waals surface area (Å²) in [5, 5.41) is 9.13. The van der Waals surface area contributed by atoms with E-state index in [4.69, 9.17) is 0 Å². The summed E-state index contributed by atoms with van der Waals surface area (Å²) in [6, 6.07) is 7.53. The SMILES string of the molecule is CCNC(=O)c1ccc(CN=C(NCC)NCC)cc1.I. The van der Waals surface area contributed by atoms with Crippen molar-refractivity contribution in [3.05, 3.63) is 35.4 Å². The van der Waals surface area contributed by atoms with Gasteiger partial charge < -0.3 is 16.0 Å². The Bertz CT molecular complexity index is 437. The molecule has 1 rings (SSSR count). The Morgan fingerprint density at radius 3 is 1.95 bits per heavy atom. The molecule has 5 nitrogen and oxygen atoms in total. The highest BCUT2D eigenvalue weighted by Crippen LogP contribution is 2.05. The summed E-state index contributed by atoms with van der Waals surface area (Å²) in [6.45, 7) is 8.88. The van der Waals surface area contributed by atoms with Crippen LogP contribution >= 0.6 is 24.0 Å². The average Bonchev–Trinajstić information content (AvgIpc) is 2.46. The lowest BCUT2D eigenvalue weighted by atomic mass is 10.1. The van der Waals surface area contributed by atoms with Crippen LogP contribution < -0.4 is 16.0 Å². The molecule has 0 aliphatic heterocycles. The molecule has 21 heavy (non-hydrogen) atoms. The van der Waals surface area contributed by atoms with Crippen molar-refractivity contribution in [1.82, 2.24) is 16.0 Å². The molecule has 0 atom stereocenters. The highest BCUT2D eigenvalue weighted by atomic mass is 127. The van der Waals surface area contributed by atoms with Gasteiger partial charge in [-0.3, -0.25) is 4.79 Å². The van der Waals surface area contributed by atoms with Crippen molar-refractivity contribution in [1.29, 1.82) is 0 Å². The predicted molar refractivity (Wildman–Crippen MR) is 98.4 cm³/mol. The molecule has 0 saturated carbocycles. The van der Waals surface area contributed by atoms with Gasteiger partial charge in [-0.15, -0.1) is 24.0 Å². The summed E-state index contributed by atoms with van der Waals surface area (Å²) >= 11 is 0. The molecule has 0 bridgehead atoms. The van der Waals surface area contributed by atoms with Crippen LogP contribution in [0.2, 0.25) is 0 Å². The number of nitrogens with one attached hydrogen (secondary N) is 3. The van der Waals surface area contributed by atoms with Gasteiger partial charge in [0.15, 0.2) is 5.96 Å². The zero-order chi connectivity index (χ0) is 14.8. The van der Waals surface area contributed by atoms with Crippen molar-refractivity contribution >= 4 is 35.8 Å². The van der Waals surface area contributed by atoms with Crippen LogP contribution in [0.3, 0.4) is 0 Å². The second kappa shape index (κ2) is 11.4. The summed E-state index contributed by atoms with van der Waals surface area (Å²) in [5.41, 5.74) is 1.75. The normalized spacial score (nSPS) is 9.29. The summed E-state index contributed by atoms with van der Waals surface area (Å²) in [4.78, 5) is 16.1. The van der Waals surface area contributed by atoms with Crippen molar-refractivity contribution in [2.75, 3.05) is 19.6 Å². The Morgan fingerprint density at radius 2 is 1.48 bits per heavy atom. The topological polar surface area (TPSA) is 65.5 Å². The zero-order valence-corrected chi connectivity index (χ0v) is 15.2. The lowest BCUT2D eigenvalue weighted by molar-refractivity contribution is 0.0956. The first-order chi connectivity index (χ1) is 9.71. The molecule has 0 radical (unpaired) electrons. The molecule has 0 unspecified atom stereocenters. The van der Waals surface area contributed by atoms with Gasteiger partial charge in [-0.1, -0.05) is 12.1 Å². The van der Waals surface area contributed by atoms with Crippen LogP contribution in [0.1, 0.15) is 36.7 Å². The molecule has 0 aliphatic rings. The van der Waals surface area contributed by atoms with Crippen molar-refractivity contribution in [2.45, 2.75) is 27.3 Å². The second-order valence-electron chi connectivity index (χ2n) is 4.28. The molecule has 1 aromatic carbocycles. The van der Waals surface area contributed by atoms with E-state index in [1.165, 1.54) is 0 Å². The number of nitrogens with zero attached hydrogens (tertiary/aromatic N) is 1. The van der Waals surface area contributed by atoms with Crippen LogP contribution in [-0.4, -0.2) is 31.5 Å². The van der Waals surface area contributed by atoms with Crippen LogP contribution in [0.5, 0.6) is 0 Å². The fraction of sp³-hybridized carbons (Fsp3) is 0.467. The summed E-state index contributed by atoms with van der Waals surface area (Å²) < 4.78 is 0. The van der Waals surface area contributed by atoms with Gasteiger partial charge in [0.25, 0.3) is 5.91 Å². The largest absolute Gasteiger partial charge is 0.357 e. The van der Waals surface area contributed by atoms with Gasteiger partial charge in [0, 0.05) is 25.2 Å². The molecule has 1 amide bonds. The second-order valence-corrected chi connectivity index (χ2v) is 4.28. The van der Waals surface area contributed by atoms with E-state index >= 15 is 0 Å². The minimum atomic E-state index is -0.0384. The molecular weight excluding hydrogens is 379 g/mol. The number of halogens is 1. The van der Waals surface area contributed by atoms with Gasteiger partial charge >= 0.3 is 0 Å². The van der Waals surface area contributed by atoms with E-state index in [1.54, 1.807) is 0 Å². The van der Waals surface area contributed by atoms with E-state index in [-0.39, 0.29) is 29.9 Å². The number of benzene rings is 1. The molecule has 0 fully saturated rings. The zero-order valence-electron chi connectivity index (χ0n) is 12.9. The lowest BCUT2D eigenvalue weighted by Crippen LogP contribution is -2.36. The van der Waals surface area contributed by atoms with Gasteiger partial charge in [-0.25, -0.2) is 4.99 Å². The molecule has 0 saturated heterocycles. The van der Waals surface area contributed by atoms with Crippen LogP contribution in [0.15, 0.2) is 29.3 Å². The van der Waals surface area contributed by atoms with Crippen molar-refractivity contribution in [2.24, 2.45) is 4.99 Å². The van der Waals surface area contributed by atoms with Crippen LogP contribution in [0.25, 0.3) is 0 Å². The smallest absolute Gasteiger partial charge is 0.251 e. The minimum absolute atomic E-state index is 0. The number of amides is 1. The van der Waals surface area contributed by atoms with E-state index < -0.39 is 0 Å². The summed E-state index contributed by atoms with van der Waals surface area (Å²) in [6.07, 6.45) is 0. The molecule has 0 aromatic heterocycles. The van der Waals surface area contributed by atoms with Gasteiger partial charge in [0.1, 0.15) is 0 Å². The van der Waals surface area contributed by atoms with E-state index in [2.05, 4.69) is 20.9 Å². The number of carbonyl (C=O) groups excluding carboxylic acids is 1. The van der Waals surface area contributed by atoms with Gasteiger partial charge in [0.05, 0.1) is 6.54 Å². The van der Waals surface area contributed by atoms with Gasteiger partial charge in [-0.05, 0) is 38.5 Å². The number of carbonyl (C=O) groups is 1. The maximum Gasteiger partial charge on any atom is 0.251 e. The fourth-order valence-electron chi connectivity index (χ4n) is 1.70. The third-order valence-electron chi connectivity index (χ3n) is 2.66. The molecule has 0 aliphatic carbocycles. The Balaban J connectivity index is 0.00000400. The quantitative estimate of drug-likeness (QED) is 0.387. The Labute approximate surface area is 144 Å². The predicted octanol–water partition coefficient (Wildman–Crippen LogP) is 2.13. The van der Waals surface area contributed by atoms with E-state index in [0.29, 0.717) is 18.7 Å². The summed E-state index contributed by atoms with van der Waals surface area (Å²) in [5.74, 6) is 0.770. The molecular formula is C15H25IN4O. The minimum Gasteiger partial charge on any atom is -0.357 e. The van der Waals surface area contributed by atoms with Crippen molar-refractivity contribution < 1.29 is 4.79 Å². The molecule has 0 heterocycles. The molecule has 3 N–H and O–H groups in total. The van der Waals surface area contributed by atoms with Crippen molar-refractivity contribution in [3.8, 4) is 0 Å². The maximum atomic E-state index is 11.6. The highest BCUT2D eigenvalue weighted by molar-refractivity contribution is 14.0. The highest BCUT2D eigenvalue weighted by Gasteiger charge is 2.03. The number of rotatable bonds is 6. The van der Waals surface area contributed by atoms with Gasteiger partial charge in [-0.2, -0.15) is 0 Å². The van der Waals surface area contributed by atoms with Crippen molar-refractivity contribution in [3.63, 3.8) is 0 Å². The van der Waals surface area contributed by atoms with Crippen LogP contribution in [0.4, 0.5) is 0 Å². The van der Waals surface area contributed by atoms with Gasteiger partial charge in [0.2, 0.25) is 0 Å². The maximum absolute atomic E-state index is 11.6. The Kier molecular flexibility index (Phi) is 10.7. The number of hydrogen-bond donors (Lipinski definition) is 3. The third kappa shape index (κ3) is 7.31. The third-order valence-corrected chi connectivity index (χ3v) is 2.66. The van der Waals surface area contributed by atoms with Crippen LogP contribution in [0, 0.1) is 0 Å². The van der Waals surface area contributed by atoms with Crippen LogP contribution in [-0.2, 0) is 6.54 Å². The summed E-state index contributed by atoms with van der Waals surface area (Å²) in [7, 11) is 0.